The van der Waals surface area contributed by atoms with Gasteiger partial charge in [0.25, 0.3) is 5.56 Å². The predicted molar refractivity (Wildman–Crippen MR) is 113 cm³/mol. The Bertz CT molecular complexity index is 930. The molecule has 0 saturated heterocycles. The van der Waals surface area contributed by atoms with E-state index in [0.717, 1.165) is 36.8 Å². The van der Waals surface area contributed by atoms with Crippen LogP contribution in [0.2, 0.25) is 0 Å². The van der Waals surface area contributed by atoms with Gasteiger partial charge in [-0.2, -0.15) is 0 Å². The van der Waals surface area contributed by atoms with Gasteiger partial charge in [-0.25, -0.2) is 4.79 Å². The van der Waals surface area contributed by atoms with Crippen LogP contribution in [0.15, 0.2) is 33.9 Å². The lowest BCUT2D eigenvalue weighted by Gasteiger charge is -2.25. The molecule has 0 aliphatic carbocycles. The number of nitrogens with one attached hydrogen (secondary N) is 1. The summed E-state index contributed by atoms with van der Waals surface area (Å²) >= 11 is 0. The molecule has 152 valence electrons. The summed E-state index contributed by atoms with van der Waals surface area (Å²) in [5.41, 5.74) is 7.04. The highest BCUT2D eigenvalue weighted by Crippen LogP contribution is 2.20. The standard InChI is InChI=1S/C21H30N4O3/c1-4-6-12-24(17(26)14-16-11-9-8-10-15(16)3)18-19(22)25(13-7-5-2)21(28)23-20(18)27/h8-11H,4-7,12-14,22H2,1-3H3,(H,23,27,28). The predicted octanol–water partition coefficient (Wildman–Crippen LogP) is 2.60. The molecule has 28 heavy (non-hydrogen) atoms. The fraction of sp³-hybridized carbons (Fsp3) is 0.476. The Morgan fingerprint density at radius 3 is 2.46 bits per heavy atom. The number of carbonyl (C=O) groups is 1. The van der Waals surface area contributed by atoms with E-state index in [4.69, 9.17) is 5.73 Å². The molecule has 7 heteroatoms. The van der Waals surface area contributed by atoms with E-state index in [0.29, 0.717) is 13.1 Å². The third-order valence-corrected chi connectivity index (χ3v) is 4.86. The third-order valence-electron chi connectivity index (χ3n) is 4.86. The molecule has 1 aromatic heterocycles. The van der Waals surface area contributed by atoms with E-state index < -0.39 is 11.2 Å². The van der Waals surface area contributed by atoms with Gasteiger partial charge >= 0.3 is 5.69 Å². The number of rotatable bonds is 9. The second-order valence-corrected chi connectivity index (χ2v) is 7.00. The van der Waals surface area contributed by atoms with E-state index in [9.17, 15) is 14.4 Å². The highest BCUT2D eigenvalue weighted by molar-refractivity contribution is 5.96. The van der Waals surface area contributed by atoms with Crippen molar-refractivity contribution in [2.75, 3.05) is 17.2 Å². The van der Waals surface area contributed by atoms with Gasteiger partial charge in [0.15, 0.2) is 5.69 Å². The Hall–Kier alpha value is -2.83. The van der Waals surface area contributed by atoms with Gasteiger partial charge < -0.3 is 10.6 Å². The molecule has 0 fully saturated rings. The van der Waals surface area contributed by atoms with E-state index in [2.05, 4.69) is 4.98 Å². The quantitative estimate of drug-likeness (QED) is 0.692. The van der Waals surface area contributed by atoms with Crippen molar-refractivity contribution in [2.24, 2.45) is 0 Å². The van der Waals surface area contributed by atoms with Crippen molar-refractivity contribution in [3.63, 3.8) is 0 Å². The first-order valence-electron chi connectivity index (χ1n) is 9.88. The molecule has 0 atom stereocenters. The topological polar surface area (TPSA) is 101 Å². The highest BCUT2D eigenvalue weighted by atomic mass is 16.2. The number of nitrogen functional groups attached to an aromatic ring is 1. The van der Waals surface area contributed by atoms with Crippen LogP contribution in [0.5, 0.6) is 0 Å². The van der Waals surface area contributed by atoms with E-state index in [1.165, 1.54) is 9.47 Å². The van der Waals surface area contributed by atoms with Gasteiger partial charge in [0.2, 0.25) is 5.91 Å². The van der Waals surface area contributed by atoms with E-state index in [1.807, 2.05) is 45.0 Å². The number of aromatic nitrogens is 2. The number of anilines is 2. The molecule has 7 nitrogen and oxygen atoms in total. The molecule has 3 N–H and O–H groups in total. The smallest absolute Gasteiger partial charge is 0.330 e. The van der Waals surface area contributed by atoms with Gasteiger partial charge in [0, 0.05) is 13.1 Å². The second kappa shape index (κ2) is 9.92. The van der Waals surface area contributed by atoms with Crippen molar-refractivity contribution in [1.29, 1.82) is 0 Å². The average molecular weight is 386 g/mol. The number of hydrogen-bond acceptors (Lipinski definition) is 4. The number of amides is 1. The van der Waals surface area contributed by atoms with Gasteiger partial charge in [0.05, 0.1) is 6.42 Å². The molecule has 0 spiro atoms. The lowest BCUT2D eigenvalue weighted by molar-refractivity contribution is -0.118. The van der Waals surface area contributed by atoms with Crippen molar-refractivity contribution in [3.05, 3.63) is 56.2 Å². The van der Waals surface area contributed by atoms with Crippen molar-refractivity contribution < 1.29 is 4.79 Å². The zero-order chi connectivity index (χ0) is 20.7. The maximum absolute atomic E-state index is 13.1. The van der Waals surface area contributed by atoms with Crippen molar-refractivity contribution in [2.45, 2.75) is 59.4 Å². The van der Waals surface area contributed by atoms with Crippen molar-refractivity contribution in [1.82, 2.24) is 9.55 Å². The molecule has 1 aromatic carbocycles. The fourth-order valence-electron chi connectivity index (χ4n) is 3.12. The third kappa shape index (κ3) is 4.91. The maximum Gasteiger partial charge on any atom is 0.330 e. The van der Waals surface area contributed by atoms with Gasteiger partial charge in [0.1, 0.15) is 5.82 Å². The number of nitrogens with two attached hydrogens (primary N) is 1. The Morgan fingerprint density at radius 2 is 1.82 bits per heavy atom. The van der Waals surface area contributed by atoms with E-state index in [-0.39, 0.29) is 23.8 Å². The molecule has 0 unspecified atom stereocenters. The second-order valence-electron chi connectivity index (χ2n) is 7.00. The summed E-state index contributed by atoms with van der Waals surface area (Å²) in [5.74, 6) is -0.155. The molecular formula is C21H30N4O3. The number of hydrogen-bond donors (Lipinski definition) is 2. The summed E-state index contributed by atoms with van der Waals surface area (Å²) < 4.78 is 1.35. The number of benzene rings is 1. The summed E-state index contributed by atoms with van der Waals surface area (Å²) in [6.45, 7) is 6.75. The first-order chi connectivity index (χ1) is 13.4. The molecule has 2 aromatic rings. The number of nitrogens with zero attached hydrogens (tertiary/aromatic N) is 2. The largest absolute Gasteiger partial charge is 0.383 e. The van der Waals surface area contributed by atoms with Crippen molar-refractivity contribution in [3.8, 4) is 0 Å². The van der Waals surface area contributed by atoms with Gasteiger partial charge in [-0.3, -0.25) is 19.1 Å². The summed E-state index contributed by atoms with van der Waals surface area (Å²) in [6.07, 6.45) is 3.39. The van der Waals surface area contributed by atoms with Crippen LogP contribution < -0.4 is 21.9 Å². The molecule has 2 rings (SSSR count). The lowest BCUT2D eigenvalue weighted by atomic mass is 10.0. The minimum absolute atomic E-state index is 0.0523. The van der Waals surface area contributed by atoms with Crippen LogP contribution in [0.25, 0.3) is 0 Å². The fourth-order valence-corrected chi connectivity index (χ4v) is 3.12. The van der Waals surface area contributed by atoms with Crippen LogP contribution >= 0.6 is 0 Å². The van der Waals surface area contributed by atoms with Crippen LogP contribution in [-0.4, -0.2) is 22.0 Å². The molecule has 0 aliphatic rings. The molecule has 0 bridgehead atoms. The lowest BCUT2D eigenvalue weighted by Crippen LogP contribution is -2.42. The Kier molecular flexibility index (Phi) is 7.61. The van der Waals surface area contributed by atoms with Crippen LogP contribution in [0.4, 0.5) is 11.5 Å². The number of H-pyrrole nitrogens is 1. The van der Waals surface area contributed by atoms with Gasteiger partial charge in [-0.15, -0.1) is 0 Å². The highest BCUT2D eigenvalue weighted by Gasteiger charge is 2.24. The van der Waals surface area contributed by atoms with Crippen molar-refractivity contribution >= 4 is 17.4 Å². The molecule has 1 amide bonds. The summed E-state index contributed by atoms with van der Waals surface area (Å²) in [6, 6.07) is 7.66. The SMILES string of the molecule is CCCCN(C(=O)Cc1ccccc1C)c1c(N)n(CCCC)c(=O)[nH]c1=O. The molecular weight excluding hydrogens is 356 g/mol. The molecule has 0 aliphatic heterocycles. The summed E-state index contributed by atoms with van der Waals surface area (Å²) in [7, 11) is 0. The minimum atomic E-state index is -0.621. The van der Waals surface area contributed by atoms with E-state index in [1.54, 1.807) is 0 Å². The van der Waals surface area contributed by atoms with Gasteiger partial charge in [-0.1, -0.05) is 51.0 Å². The summed E-state index contributed by atoms with van der Waals surface area (Å²) in [4.78, 5) is 41.6. The van der Waals surface area contributed by atoms with Gasteiger partial charge in [-0.05, 0) is 30.9 Å². The van der Waals surface area contributed by atoms with E-state index >= 15 is 0 Å². The molecule has 1 heterocycles. The van der Waals surface area contributed by atoms with Crippen LogP contribution in [0, 0.1) is 6.92 Å². The molecule has 0 radical (unpaired) electrons. The average Bonchev–Trinajstić information content (AvgIpc) is 2.65. The Morgan fingerprint density at radius 1 is 1.14 bits per heavy atom. The zero-order valence-corrected chi connectivity index (χ0v) is 17.0. The zero-order valence-electron chi connectivity index (χ0n) is 17.0. The Labute approximate surface area is 165 Å². The van der Waals surface area contributed by atoms with Crippen LogP contribution in [-0.2, 0) is 17.8 Å². The number of unbranched alkanes of at least 4 members (excludes halogenated alkanes) is 2. The van der Waals surface area contributed by atoms with Crippen LogP contribution in [0.3, 0.4) is 0 Å². The number of aromatic amines is 1. The number of aryl methyl sites for hydroxylation is 1. The number of carbonyl (C=O) groups excluding carboxylic acids is 1. The monoisotopic (exact) mass is 386 g/mol. The normalized spacial score (nSPS) is 10.8. The Balaban J connectivity index is 2.47. The first-order valence-corrected chi connectivity index (χ1v) is 9.88. The summed E-state index contributed by atoms with van der Waals surface area (Å²) in [5, 5.41) is 0. The molecule has 0 saturated carbocycles. The maximum atomic E-state index is 13.1. The first kappa shape index (κ1) is 21.5. The minimum Gasteiger partial charge on any atom is -0.383 e. The van der Waals surface area contributed by atoms with Crippen LogP contribution in [0.1, 0.15) is 50.7 Å².